The Morgan fingerprint density at radius 3 is 2.90 bits per heavy atom. The third kappa shape index (κ3) is 2.35. The summed E-state index contributed by atoms with van der Waals surface area (Å²) >= 11 is 0. The van der Waals surface area contributed by atoms with Crippen LogP contribution in [0.5, 0.6) is 0 Å². The molecule has 0 amide bonds. The molecular formula is C7H8N2Y-2. The molecule has 0 saturated carbocycles. The summed E-state index contributed by atoms with van der Waals surface area (Å²) in [5.41, 5.74) is 1.01. The maximum Gasteiger partial charge on any atom is 0.0381 e. The second-order valence-corrected chi connectivity index (χ2v) is 1.74. The minimum Gasteiger partial charge on any atom is -0.551 e. The van der Waals surface area contributed by atoms with Gasteiger partial charge in [0.05, 0.1) is 0 Å². The average Bonchev–Trinajstić information content (AvgIpc) is 2.34. The Balaban J connectivity index is 0.000000810. The van der Waals surface area contributed by atoms with Crippen LogP contribution in [0.25, 0.3) is 6.20 Å². The van der Waals surface area contributed by atoms with Crippen molar-refractivity contribution in [3.05, 3.63) is 24.8 Å². The van der Waals surface area contributed by atoms with E-state index < -0.39 is 0 Å². The van der Waals surface area contributed by atoms with Gasteiger partial charge in [0, 0.05) is 39.0 Å². The zero-order chi connectivity index (χ0) is 6.69. The molecule has 0 aliphatic carbocycles. The van der Waals surface area contributed by atoms with E-state index in [-0.39, 0.29) is 32.7 Å². The van der Waals surface area contributed by atoms with Crippen molar-refractivity contribution in [1.82, 2.24) is 9.55 Å². The summed E-state index contributed by atoms with van der Waals surface area (Å²) in [7, 11) is 0. The summed E-state index contributed by atoms with van der Waals surface area (Å²) in [5.74, 6) is 0. The molecule has 10 heavy (non-hydrogen) atoms. The summed E-state index contributed by atoms with van der Waals surface area (Å²) in [4.78, 5) is 3.93. The van der Waals surface area contributed by atoms with Crippen molar-refractivity contribution in [3.8, 4) is 0 Å². The molecule has 0 aromatic carbocycles. The molecule has 0 fully saturated rings. The molecule has 0 aliphatic heterocycles. The van der Waals surface area contributed by atoms with Crippen LogP contribution < -0.4 is 0 Å². The number of hydrogen-bond donors (Lipinski definition) is 0. The molecule has 51 valence electrons. The second kappa shape index (κ2) is 4.81. The van der Waals surface area contributed by atoms with E-state index in [1.807, 2.05) is 13.1 Å². The number of aryl methyl sites for hydroxylation is 1. The third-order valence-corrected chi connectivity index (χ3v) is 1.12. The summed E-state index contributed by atoms with van der Waals surface area (Å²) < 4.78 is 1.61. The summed E-state index contributed by atoms with van der Waals surface area (Å²) in [6.07, 6.45) is 6.89. The van der Waals surface area contributed by atoms with Gasteiger partial charge in [0.15, 0.2) is 0 Å². The summed E-state index contributed by atoms with van der Waals surface area (Å²) in [6.45, 7) is 7.22. The van der Waals surface area contributed by atoms with Crippen molar-refractivity contribution in [1.29, 1.82) is 0 Å². The van der Waals surface area contributed by atoms with Crippen LogP contribution in [0.2, 0.25) is 0 Å². The fourth-order valence-electron chi connectivity index (χ4n) is 0.587. The van der Waals surface area contributed by atoms with Gasteiger partial charge in [-0.25, -0.2) is 0 Å². The van der Waals surface area contributed by atoms with E-state index >= 15 is 0 Å². The molecule has 0 atom stereocenters. The molecular weight excluding hydrogens is 201 g/mol. The number of hydrogen-bond acceptors (Lipinski definition) is 1. The minimum atomic E-state index is 0. The molecule has 0 saturated heterocycles. The van der Waals surface area contributed by atoms with Crippen molar-refractivity contribution >= 4 is 6.20 Å². The predicted molar refractivity (Wildman–Crippen MR) is 35.5 cm³/mol. The summed E-state index contributed by atoms with van der Waals surface area (Å²) in [5, 5.41) is 0. The van der Waals surface area contributed by atoms with Crippen molar-refractivity contribution in [2.45, 2.75) is 13.3 Å². The van der Waals surface area contributed by atoms with Gasteiger partial charge in [-0.05, 0) is 0 Å². The van der Waals surface area contributed by atoms with Crippen molar-refractivity contribution < 1.29 is 32.7 Å². The fourth-order valence-corrected chi connectivity index (χ4v) is 0.587. The van der Waals surface area contributed by atoms with E-state index in [1.165, 1.54) is 6.20 Å². The summed E-state index contributed by atoms with van der Waals surface area (Å²) in [6, 6.07) is 0. The first-order valence-electron chi connectivity index (χ1n) is 2.87. The zero-order valence-electron chi connectivity index (χ0n) is 5.91. The topological polar surface area (TPSA) is 17.8 Å². The van der Waals surface area contributed by atoms with Gasteiger partial charge >= 0.3 is 0 Å². The Morgan fingerprint density at radius 2 is 2.60 bits per heavy atom. The van der Waals surface area contributed by atoms with Gasteiger partial charge in [-0.1, -0.05) is 25.2 Å². The first-order chi connectivity index (χ1) is 4.36. The van der Waals surface area contributed by atoms with Gasteiger partial charge in [-0.3, -0.25) is 6.20 Å². The van der Waals surface area contributed by atoms with E-state index in [1.54, 1.807) is 4.57 Å². The molecule has 1 rings (SSSR count). The zero-order valence-corrected chi connectivity index (χ0v) is 8.75. The maximum absolute atomic E-state index is 5.18. The Morgan fingerprint density at radius 1 is 1.90 bits per heavy atom. The van der Waals surface area contributed by atoms with Crippen LogP contribution in [0.3, 0.4) is 0 Å². The van der Waals surface area contributed by atoms with Crippen LogP contribution in [-0.2, 0) is 39.1 Å². The van der Waals surface area contributed by atoms with E-state index in [0.717, 1.165) is 12.1 Å². The standard InChI is InChI=1S/C7H8N2.Y/c1-3-7-5-9(4-2)6-8-7;/h2,4-5H,3H2,1H3;/q-2;. The van der Waals surface area contributed by atoms with Gasteiger partial charge < -0.3 is 16.1 Å². The van der Waals surface area contributed by atoms with E-state index in [2.05, 4.69) is 11.3 Å². The minimum absolute atomic E-state index is 0. The van der Waals surface area contributed by atoms with Gasteiger partial charge in [0.1, 0.15) is 0 Å². The van der Waals surface area contributed by atoms with Gasteiger partial charge in [-0.2, -0.15) is 0 Å². The number of nitrogens with zero attached hydrogens (tertiary/aromatic N) is 2. The van der Waals surface area contributed by atoms with Gasteiger partial charge in [0.25, 0.3) is 0 Å². The fraction of sp³-hybridized carbons (Fsp3) is 0.286. The maximum atomic E-state index is 5.18. The second-order valence-electron chi connectivity index (χ2n) is 1.74. The van der Waals surface area contributed by atoms with Crippen molar-refractivity contribution in [2.75, 3.05) is 0 Å². The van der Waals surface area contributed by atoms with Crippen molar-refractivity contribution in [3.63, 3.8) is 0 Å². The number of aromatic nitrogens is 2. The SMILES string of the molecule is [CH-]=Cn1[c-]nc(CC)c1.[Y]. The molecule has 0 aliphatic rings. The Kier molecular flexibility index (Phi) is 4.83. The van der Waals surface area contributed by atoms with Gasteiger partial charge in [0.2, 0.25) is 0 Å². The predicted octanol–water partition coefficient (Wildman–Crippen LogP) is 1.15. The molecule has 0 unspecified atom stereocenters. The van der Waals surface area contributed by atoms with E-state index in [0.29, 0.717) is 0 Å². The smallest absolute Gasteiger partial charge is 0.0381 e. The van der Waals surface area contributed by atoms with E-state index in [9.17, 15) is 0 Å². The quantitative estimate of drug-likeness (QED) is 0.668. The first kappa shape index (κ1) is 10.1. The molecule has 1 radical (unpaired) electrons. The van der Waals surface area contributed by atoms with Crippen LogP contribution in [0, 0.1) is 12.9 Å². The normalized spacial score (nSPS) is 8.50. The monoisotopic (exact) mass is 209 g/mol. The van der Waals surface area contributed by atoms with Crippen LogP contribution in [-0.4, -0.2) is 9.55 Å². The van der Waals surface area contributed by atoms with E-state index in [4.69, 9.17) is 6.58 Å². The Labute approximate surface area is 86.2 Å². The first-order valence-corrected chi connectivity index (χ1v) is 2.87. The molecule has 3 heteroatoms. The third-order valence-electron chi connectivity index (χ3n) is 1.12. The molecule has 1 aromatic heterocycles. The molecule has 0 bridgehead atoms. The molecule has 2 nitrogen and oxygen atoms in total. The molecule has 1 heterocycles. The largest absolute Gasteiger partial charge is 0.551 e. The molecule has 0 N–H and O–H groups in total. The van der Waals surface area contributed by atoms with Crippen LogP contribution in [0.1, 0.15) is 12.6 Å². The Hall–Kier alpha value is 0.0539. The molecule has 0 spiro atoms. The van der Waals surface area contributed by atoms with Crippen molar-refractivity contribution in [2.24, 2.45) is 0 Å². The number of imidazole rings is 1. The van der Waals surface area contributed by atoms with Gasteiger partial charge in [-0.15, -0.1) is 0 Å². The molecule has 1 aromatic rings. The van der Waals surface area contributed by atoms with Crippen LogP contribution in [0.4, 0.5) is 0 Å². The number of rotatable bonds is 2. The van der Waals surface area contributed by atoms with Crippen LogP contribution in [0.15, 0.2) is 6.20 Å². The Bertz CT molecular complexity index is 205. The van der Waals surface area contributed by atoms with Crippen LogP contribution >= 0.6 is 0 Å². The average molecular weight is 209 g/mol.